The number of hydrogen-bond acceptors (Lipinski definition) is 12. The second kappa shape index (κ2) is 12.4. The molecule has 0 radical (unpaired) electrons. The molecule has 2 fully saturated rings. The summed E-state index contributed by atoms with van der Waals surface area (Å²) < 4.78 is 60.0. The zero-order valence-corrected chi connectivity index (χ0v) is 24.5. The van der Waals surface area contributed by atoms with Crippen LogP contribution in [-0.2, 0) is 32.8 Å². The maximum absolute atomic E-state index is 13.9. The molecule has 3 heterocycles. The molecule has 2 aromatic rings. The lowest BCUT2D eigenvalue weighted by atomic mass is 10.0. The number of esters is 1. The Morgan fingerprint density at radius 3 is 2.45 bits per heavy atom. The number of para-hydroxylation sites is 1. The van der Waals surface area contributed by atoms with Crippen molar-refractivity contribution in [3.63, 3.8) is 0 Å². The molecule has 0 amide bonds. The van der Waals surface area contributed by atoms with Gasteiger partial charge >= 0.3 is 19.7 Å². The van der Waals surface area contributed by atoms with Gasteiger partial charge in [-0.1, -0.05) is 18.2 Å². The number of rotatable bonds is 12. The molecule has 1 aromatic carbocycles. The first-order valence-corrected chi connectivity index (χ1v) is 14.4. The van der Waals surface area contributed by atoms with Crippen molar-refractivity contribution in [1.82, 2.24) is 15.1 Å². The number of benzene rings is 1. The van der Waals surface area contributed by atoms with Crippen molar-refractivity contribution in [3.8, 4) is 17.6 Å². The standard InChI is InChI=1S/C26H36N3O10P/c1-15(2)35-24(30)16(3)29-40(31,39-17-11-9-8-10-12-17)34-14-19-21-22(38-26(4,5)37-21)20(36-19)18-13-27-25(33-7)28-23(18)32-6/h8-13,15-16,19-22H,14H2,1-7H3,(H,29,31)/t16-,19?,20?,21+,22-,40?/m0/s1. The van der Waals surface area contributed by atoms with E-state index in [-0.39, 0.29) is 30.4 Å². The Morgan fingerprint density at radius 2 is 1.80 bits per heavy atom. The fourth-order valence-corrected chi connectivity index (χ4v) is 5.89. The van der Waals surface area contributed by atoms with E-state index in [4.69, 9.17) is 37.5 Å². The van der Waals surface area contributed by atoms with E-state index in [0.717, 1.165) is 0 Å². The highest BCUT2D eigenvalue weighted by Gasteiger charge is 2.57. The Labute approximate surface area is 233 Å². The van der Waals surface area contributed by atoms with Crippen LogP contribution in [0.3, 0.4) is 0 Å². The molecule has 0 saturated carbocycles. The van der Waals surface area contributed by atoms with Gasteiger partial charge in [0, 0.05) is 6.20 Å². The third-order valence-electron chi connectivity index (χ3n) is 6.03. The molecule has 1 aromatic heterocycles. The van der Waals surface area contributed by atoms with Gasteiger partial charge < -0.3 is 32.9 Å². The Kier molecular flexibility index (Phi) is 9.33. The third-order valence-corrected chi connectivity index (χ3v) is 7.67. The summed E-state index contributed by atoms with van der Waals surface area (Å²) in [5.41, 5.74) is 0.522. The van der Waals surface area contributed by atoms with Crippen LogP contribution in [0.5, 0.6) is 17.6 Å². The normalized spacial score (nSPS) is 25.6. The zero-order chi connectivity index (χ0) is 29.1. The summed E-state index contributed by atoms with van der Waals surface area (Å²) in [7, 11) is -1.20. The van der Waals surface area contributed by atoms with Crippen LogP contribution in [0.25, 0.3) is 0 Å². The predicted molar refractivity (Wildman–Crippen MR) is 141 cm³/mol. The minimum Gasteiger partial charge on any atom is -0.481 e. The van der Waals surface area contributed by atoms with Crippen molar-refractivity contribution in [2.75, 3.05) is 20.8 Å². The van der Waals surface area contributed by atoms with E-state index in [1.54, 1.807) is 58.0 Å². The predicted octanol–water partition coefficient (Wildman–Crippen LogP) is 3.59. The largest absolute Gasteiger partial charge is 0.481 e. The average Bonchev–Trinajstić information content (AvgIpc) is 3.39. The second-order valence-corrected chi connectivity index (χ2v) is 11.7. The lowest BCUT2D eigenvalue weighted by Gasteiger charge is -2.27. The Hall–Kier alpha value is -2.80. The van der Waals surface area contributed by atoms with E-state index in [2.05, 4.69) is 15.1 Å². The first kappa shape index (κ1) is 30.2. The number of fused-ring (bicyclic) bond motifs is 1. The molecular weight excluding hydrogens is 545 g/mol. The van der Waals surface area contributed by atoms with Gasteiger partial charge in [-0.25, -0.2) is 9.55 Å². The van der Waals surface area contributed by atoms with Crippen molar-refractivity contribution in [1.29, 1.82) is 0 Å². The van der Waals surface area contributed by atoms with Crippen LogP contribution >= 0.6 is 7.75 Å². The molecule has 1 N–H and O–H groups in total. The molecule has 2 aliphatic heterocycles. The van der Waals surface area contributed by atoms with Gasteiger partial charge in [-0.15, -0.1) is 0 Å². The molecule has 220 valence electrons. The molecule has 0 aliphatic carbocycles. The number of hydrogen-bond donors (Lipinski definition) is 1. The number of nitrogens with one attached hydrogen (secondary N) is 1. The van der Waals surface area contributed by atoms with E-state index in [1.807, 2.05) is 0 Å². The number of ether oxygens (including phenoxy) is 6. The van der Waals surface area contributed by atoms with Crippen LogP contribution in [0, 0.1) is 0 Å². The number of carbonyl (C=O) groups is 1. The molecule has 6 atom stereocenters. The first-order chi connectivity index (χ1) is 18.9. The van der Waals surface area contributed by atoms with Crippen LogP contribution in [0.15, 0.2) is 36.5 Å². The molecule has 0 bridgehead atoms. The Morgan fingerprint density at radius 1 is 1.10 bits per heavy atom. The molecule has 0 spiro atoms. The molecule has 2 saturated heterocycles. The van der Waals surface area contributed by atoms with Gasteiger partial charge in [0.15, 0.2) is 5.79 Å². The minimum absolute atomic E-state index is 0.133. The van der Waals surface area contributed by atoms with Gasteiger partial charge in [0.1, 0.15) is 36.2 Å². The van der Waals surface area contributed by atoms with Gasteiger partial charge in [0.2, 0.25) is 5.88 Å². The smallest absolute Gasteiger partial charge is 0.459 e. The molecule has 4 rings (SSSR count). The van der Waals surface area contributed by atoms with Gasteiger partial charge in [-0.05, 0) is 46.8 Å². The molecule has 40 heavy (non-hydrogen) atoms. The first-order valence-electron chi connectivity index (χ1n) is 12.9. The van der Waals surface area contributed by atoms with Crippen LogP contribution in [0.4, 0.5) is 0 Å². The van der Waals surface area contributed by atoms with E-state index >= 15 is 0 Å². The topological polar surface area (TPSA) is 146 Å². The van der Waals surface area contributed by atoms with Crippen molar-refractivity contribution >= 4 is 13.7 Å². The molecule has 2 aliphatic rings. The molecule has 13 nitrogen and oxygen atoms in total. The van der Waals surface area contributed by atoms with Crippen LogP contribution in [0.2, 0.25) is 0 Å². The van der Waals surface area contributed by atoms with E-state index in [1.165, 1.54) is 27.3 Å². The van der Waals surface area contributed by atoms with Gasteiger partial charge in [-0.2, -0.15) is 10.1 Å². The van der Waals surface area contributed by atoms with Crippen LogP contribution in [-0.4, -0.2) is 73.0 Å². The molecule has 3 unspecified atom stereocenters. The summed E-state index contributed by atoms with van der Waals surface area (Å²) in [6.45, 7) is 8.31. The lowest BCUT2D eigenvalue weighted by Crippen LogP contribution is -2.38. The Bertz CT molecular complexity index is 1210. The maximum Gasteiger partial charge on any atom is 0.459 e. The van der Waals surface area contributed by atoms with Crippen molar-refractivity contribution < 1.29 is 46.8 Å². The summed E-state index contributed by atoms with van der Waals surface area (Å²) in [4.78, 5) is 20.9. The molecule has 14 heteroatoms. The fraction of sp³-hybridized carbons (Fsp3) is 0.577. The SMILES string of the molecule is COc1ncc(C2OC(COP(=O)(N[C@@H](C)C(=O)OC(C)C)Oc3ccccc3)[C@H]3OC(C)(C)O[C@@H]23)c(OC)n1. The van der Waals surface area contributed by atoms with Gasteiger partial charge in [0.05, 0.1) is 32.5 Å². The monoisotopic (exact) mass is 581 g/mol. The van der Waals surface area contributed by atoms with Crippen molar-refractivity contribution in [2.45, 2.75) is 77.0 Å². The summed E-state index contributed by atoms with van der Waals surface area (Å²) in [5, 5.41) is 2.68. The summed E-state index contributed by atoms with van der Waals surface area (Å²) in [6.07, 6.45) is -1.41. The van der Waals surface area contributed by atoms with Gasteiger partial charge in [-0.3, -0.25) is 9.32 Å². The summed E-state index contributed by atoms with van der Waals surface area (Å²) in [6, 6.07) is 7.63. The summed E-state index contributed by atoms with van der Waals surface area (Å²) >= 11 is 0. The highest BCUT2D eigenvalue weighted by Crippen LogP contribution is 2.50. The number of nitrogens with zero attached hydrogens (tertiary/aromatic N) is 2. The van der Waals surface area contributed by atoms with E-state index < -0.39 is 50.0 Å². The van der Waals surface area contributed by atoms with Crippen molar-refractivity contribution in [2.24, 2.45) is 0 Å². The highest BCUT2D eigenvalue weighted by molar-refractivity contribution is 7.52. The lowest BCUT2D eigenvalue weighted by molar-refractivity contribution is -0.190. The minimum atomic E-state index is -4.13. The van der Waals surface area contributed by atoms with E-state index in [9.17, 15) is 9.36 Å². The number of methoxy groups -OCH3 is 2. The van der Waals surface area contributed by atoms with Crippen molar-refractivity contribution in [3.05, 3.63) is 42.1 Å². The molecular formula is C26H36N3O10P. The number of aromatic nitrogens is 2. The zero-order valence-electron chi connectivity index (χ0n) is 23.6. The quantitative estimate of drug-likeness (QED) is 0.288. The number of carbonyl (C=O) groups excluding carboxylic acids is 1. The average molecular weight is 582 g/mol. The maximum atomic E-state index is 13.9. The highest BCUT2D eigenvalue weighted by atomic mass is 31.2. The Balaban J connectivity index is 1.56. The van der Waals surface area contributed by atoms with Gasteiger partial charge in [0.25, 0.3) is 0 Å². The fourth-order valence-electron chi connectivity index (χ4n) is 4.39. The van der Waals surface area contributed by atoms with Crippen LogP contribution < -0.4 is 19.1 Å². The van der Waals surface area contributed by atoms with Crippen LogP contribution in [0.1, 0.15) is 46.3 Å². The third kappa shape index (κ3) is 7.09. The van der Waals surface area contributed by atoms with E-state index in [0.29, 0.717) is 5.56 Å². The second-order valence-electron chi connectivity index (χ2n) is 10.0. The summed E-state index contributed by atoms with van der Waals surface area (Å²) in [5.74, 6) is -0.989.